The summed E-state index contributed by atoms with van der Waals surface area (Å²) in [4.78, 5) is 17.2. The highest BCUT2D eigenvalue weighted by Crippen LogP contribution is 2.39. The van der Waals surface area contributed by atoms with E-state index in [0.29, 0.717) is 33.2 Å². The second kappa shape index (κ2) is 6.51. The van der Waals surface area contributed by atoms with Crippen molar-refractivity contribution in [2.24, 2.45) is 0 Å². The van der Waals surface area contributed by atoms with Gasteiger partial charge in [-0.15, -0.1) is 0 Å². The molecule has 0 spiro atoms. The molecule has 0 aliphatic carbocycles. The fourth-order valence-corrected chi connectivity index (χ4v) is 4.07. The number of aromatic nitrogens is 1. The molecule has 1 aromatic heterocycles. The van der Waals surface area contributed by atoms with Crippen molar-refractivity contribution in [1.82, 2.24) is 4.98 Å². The highest BCUT2D eigenvalue weighted by Gasteiger charge is 2.34. The molecule has 1 atom stereocenters. The smallest absolute Gasteiger partial charge is 0.238 e. The van der Waals surface area contributed by atoms with Crippen LogP contribution < -0.4 is 10.0 Å². The Morgan fingerprint density at radius 1 is 1.19 bits per heavy atom. The molecule has 0 fully saturated rings. The number of benzene rings is 2. The van der Waals surface area contributed by atoms with Crippen LogP contribution in [0.4, 0.5) is 11.4 Å². The van der Waals surface area contributed by atoms with Gasteiger partial charge in [-0.3, -0.25) is 14.5 Å². The Morgan fingerprint density at radius 3 is 2.74 bits per heavy atom. The molecular weight excluding hydrogens is 386 g/mol. The van der Waals surface area contributed by atoms with Crippen LogP contribution in [0.2, 0.25) is 5.02 Å². The molecule has 0 bridgehead atoms. The normalized spacial score (nSPS) is 16.2. The second-order valence-corrected chi connectivity index (χ2v) is 8.69. The summed E-state index contributed by atoms with van der Waals surface area (Å²) < 4.78 is 26.2. The molecule has 0 saturated heterocycles. The summed E-state index contributed by atoms with van der Waals surface area (Å²) in [5.74, 6) is -0.917. The number of carbonyl (C=O) groups excluding carboxylic acids is 1. The lowest BCUT2D eigenvalue weighted by molar-refractivity contribution is -0.116. The van der Waals surface area contributed by atoms with Crippen molar-refractivity contribution in [3.8, 4) is 0 Å². The minimum absolute atomic E-state index is 0.0352. The summed E-state index contributed by atoms with van der Waals surface area (Å²) in [6.07, 6.45) is 0. The van der Waals surface area contributed by atoms with E-state index in [0.717, 1.165) is 5.39 Å². The maximum Gasteiger partial charge on any atom is 0.238 e. The first-order valence-corrected chi connectivity index (χ1v) is 10.4. The molecule has 1 amide bonds. The van der Waals surface area contributed by atoms with Crippen molar-refractivity contribution >= 4 is 49.8 Å². The molecule has 6 nitrogen and oxygen atoms in total. The van der Waals surface area contributed by atoms with Crippen molar-refractivity contribution in [3.63, 3.8) is 0 Å². The summed E-state index contributed by atoms with van der Waals surface area (Å²) in [6, 6.07) is 14.1. The molecular formula is C19H16ClN3O3S. The molecule has 0 saturated carbocycles. The quantitative estimate of drug-likeness (QED) is 0.697. The molecule has 27 heavy (non-hydrogen) atoms. The fourth-order valence-electron chi connectivity index (χ4n) is 3.17. The van der Waals surface area contributed by atoms with E-state index in [4.69, 9.17) is 11.6 Å². The van der Waals surface area contributed by atoms with Crippen molar-refractivity contribution in [2.75, 3.05) is 15.8 Å². The number of halogens is 1. The Labute approximate surface area is 161 Å². The standard InChI is InChI=1S/C19H16ClN3O3S/c1-2-27(25,26)23-11-7-8-16-13(9-11)18(19(24)22-16)17-10-14(20)12-5-3-4-6-15(12)21-17/h3-10,18,23H,2H2,1H3,(H,22,24). The van der Waals surface area contributed by atoms with Crippen LogP contribution in [-0.2, 0) is 14.8 Å². The highest BCUT2D eigenvalue weighted by molar-refractivity contribution is 7.92. The van der Waals surface area contributed by atoms with E-state index in [2.05, 4.69) is 15.0 Å². The summed E-state index contributed by atoms with van der Waals surface area (Å²) in [5.41, 5.74) is 2.92. The molecule has 8 heteroatoms. The van der Waals surface area contributed by atoms with Gasteiger partial charge in [0.1, 0.15) is 5.92 Å². The van der Waals surface area contributed by atoms with Crippen molar-refractivity contribution in [3.05, 3.63) is 64.8 Å². The van der Waals surface area contributed by atoms with Gasteiger partial charge in [0.05, 0.1) is 22.0 Å². The molecule has 2 aromatic carbocycles. The van der Waals surface area contributed by atoms with E-state index < -0.39 is 15.9 Å². The second-order valence-electron chi connectivity index (χ2n) is 6.28. The number of hydrogen-bond donors (Lipinski definition) is 2. The van der Waals surface area contributed by atoms with E-state index in [1.165, 1.54) is 0 Å². The molecule has 2 heterocycles. The predicted molar refractivity (Wildman–Crippen MR) is 107 cm³/mol. The molecule has 1 aliphatic rings. The largest absolute Gasteiger partial charge is 0.325 e. The number of rotatable bonds is 4. The van der Waals surface area contributed by atoms with Gasteiger partial charge in [-0.25, -0.2) is 8.42 Å². The number of para-hydroxylation sites is 1. The third-order valence-corrected chi connectivity index (χ3v) is 6.14. The SMILES string of the molecule is CCS(=O)(=O)Nc1ccc2c(c1)C(c1cc(Cl)c3ccccc3n1)C(=O)N2. The number of hydrogen-bond acceptors (Lipinski definition) is 4. The maximum absolute atomic E-state index is 12.6. The molecule has 3 aromatic rings. The van der Waals surface area contributed by atoms with E-state index >= 15 is 0 Å². The van der Waals surface area contributed by atoms with E-state index in [1.807, 2.05) is 24.3 Å². The molecule has 4 rings (SSSR count). The van der Waals surface area contributed by atoms with Gasteiger partial charge in [0, 0.05) is 16.8 Å². The van der Waals surface area contributed by atoms with Gasteiger partial charge in [0.25, 0.3) is 0 Å². The molecule has 1 aliphatic heterocycles. The Hall–Kier alpha value is -2.64. The van der Waals surface area contributed by atoms with Crippen LogP contribution in [-0.4, -0.2) is 25.1 Å². The lowest BCUT2D eigenvalue weighted by Crippen LogP contribution is -2.15. The van der Waals surface area contributed by atoms with Crippen molar-refractivity contribution in [2.45, 2.75) is 12.8 Å². The van der Waals surface area contributed by atoms with Gasteiger partial charge in [-0.2, -0.15) is 0 Å². The van der Waals surface area contributed by atoms with Gasteiger partial charge in [-0.1, -0.05) is 29.8 Å². The zero-order chi connectivity index (χ0) is 19.2. The topological polar surface area (TPSA) is 88.2 Å². The van der Waals surface area contributed by atoms with E-state index in [9.17, 15) is 13.2 Å². The van der Waals surface area contributed by atoms with Crippen molar-refractivity contribution in [1.29, 1.82) is 0 Å². The van der Waals surface area contributed by atoms with Crippen LogP contribution >= 0.6 is 11.6 Å². The minimum Gasteiger partial charge on any atom is -0.325 e. The Balaban J connectivity index is 1.81. The third-order valence-electron chi connectivity index (χ3n) is 4.52. The number of fused-ring (bicyclic) bond motifs is 2. The molecule has 1 unspecified atom stereocenters. The first-order valence-electron chi connectivity index (χ1n) is 8.38. The van der Waals surface area contributed by atoms with Gasteiger partial charge < -0.3 is 5.32 Å². The van der Waals surface area contributed by atoms with Crippen LogP contribution in [0.15, 0.2) is 48.5 Å². The Bertz CT molecular complexity index is 1180. The molecule has 0 radical (unpaired) electrons. The summed E-state index contributed by atoms with van der Waals surface area (Å²) in [6.45, 7) is 1.56. The highest BCUT2D eigenvalue weighted by atomic mass is 35.5. The lowest BCUT2D eigenvalue weighted by atomic mass is 9.95. The van der Waals surface area contributed by atoms with Gasteiger partial charge in [0.15, 0.2) is 0 Å². The number of nitrogens with one attached hydrogen (secondary N) is 2. The number of sulfonamides is 1. The van der Waals surface area contributed by atoms with Crippen LogP contribution in [0.3, 0.4) is 0 Å². The van der Waals surface area contributed by atoms with E-state index in [1.54, 1.807) is 31.2 Å². The van der Waals surface area contributed by atoms with Crippen molar-refractivity contribution < 1.29 is 13.2 Å². The lowest BCUT2D eigenvalue weighted by Gasteiger charge is -2.12. The Morgan fingerprint density at radius 2 is 1.96 bits per heavy atom. The zero-order valence-corrected chi connectivity index (χ0v) is 15.9. The molecule has 138 valence electrons. The first-order chi connectivity index (χ1) is 12.9. The third kappa shape index (κ3) is 3.24. The average molecular weight is 402 g/mol. The number of anilines is 2. The summed E-state index contributed by atoms with van der Waals surface area (Å²) >= 11 is 6.39. The van der Waals surface area contributed by atoms with Gasteiger partial charge in [-0.05, 0) is 42.8 Å². The maximum atomic E-state index is 12.6. The minimum atomic E-state index is -3.41. The van der Waals surface area contributed by atoms with Crippen LogP contribution in [0, 0.1) is 0 Å². The first kappa shape index (κ1) is 17.8. The number of nitrogens with zero attached hydrogens (tertiary/aromatic N) is 1. The molecule has 2 N–H and O–H groups in total. The zero-order valence-electron chi connectivity index (χ0n) is 14.4. The average Bonchev–Trinajstić information content (AvgIpc) is 2.96. The van der Waals surface area contributed by atoms with Gasteiger partial charge in [0.2, 0.25) is 15.9 Å². The monoisotopic (exact) mass is 401 g/mol. The van der Waals surface area contributed by atoms with Crippen LogP contribution in [0.5, 0.6) is 0 Å². The fraction of sp³-hybridized carbons (Fsp3) is 0.158. The van der Waals surface area contributed by atoms with Gasteiger partial charge >= 0.3 is 0 Å². The van der Waals surface area contributed by atoms with Crippen LogP contribution in [0.25, 0.3) is 10.9 Å². The van der Waals surface area contributed by atoms with Crippen LogP contribution in [0.1, 0.15) is 24.1 Å². The summed E-state index contributed by atoms with van der Waals surface area (Å²) in [7, 11) is -3.41. The predicted octanol–water partition coefficient (Wildman–Crippen LogP) is 3.73. The number of pyridine rings is 1. The summed E-state index contributed by atoms with van der Waals surface area (Å²) in [5, 5.41) is 4.14. The Kier molecular flexibility index (Phi) is 4.28. The number of amides is 1. The number of carbonyl (C=O) groups is 1. The van der Waals surface area contributed by atoms with E-state index in [-0.39, 0.29) is 11.7 Å².